The van der Waals surface area contributed by atoms with Crippen molar-refractivity contribution in [3.05, 3.63) is 43.0 Å². The third-order valence-electron chi connectivity index (χ3n) is 2.12. The smallest absolute Gasteiger partial charge is 0.338 e. The summed E-state index contributed by atoms with van der Waals surface area (Å²) in [5.74, 6) is -1.47. The van der Waals surface area contributed by atoms with Gasteiger partial charge in [0.1, 0.15) is 11.6 Å². The minimum atomic E-state index is -0.629. The Morgan fingerprint density at radius 1 is 1.10 bits per heavy atom. The number of hydrogen-bond donors (Lipinski definition) is 2. The molecule has 0 aliphatic carbocycles. The van der Waals surface area contributed by atoms with Crippen LogP contribution in [-0.2, 0) is 14.3 Å². The second-order valence-electron chi connectivity index (χ2n) is 3.50. The van der Waals surface area contributed by atoms with Gasteiger partial charge in [-0.3, -0.25) is 9.59 Å². The largest absolute Gasteiger partial charge is 0.465 e. The maximum absolute atomic E-state index is 11.5. The first kappa shape index (κ1) is 15.1. The SMILES string of the molecule is C=CC(=O)Nc1cc(C(=O)OC)cc(NC(=O)C=C)n1. The summed E-state index contributed by atoms with van der Waals surface area (Å²) < 4.78 is 4.58. The second kappa shape index (κ2) is 6.83. The highest BCUT2D eigenvalue weighted by atomic mass is 16.5. The quantitative estimate of drug-likeness (QED) is 0.620. The lowest BCUT2D eigenvalue weighted by Crippen LogP contribution is -2.14. The van der Waals surface area contributed by atoms with Crippen LogP contribution in [0.3, 0.4) is 0 Å². The van der Waals surface area contributed by atoms with Crippen LogP contribution in [0.5, 0.6) is 0 Å². The van der Waals surface area contributed by atoms with Gasteiger partial charge in [0.25, 0.3) is 0 Å². The van der Waals surface area contributed by atoms with Crippen molar-refractivity contribution in [3.8, 4) is 0 Å². The number of esters is 1. The second-order valence-corrected chi connectivity index (χ2v) is 3.50. The maximum atomic E-state index is 11.5. The minimum absolute atomic E-state index is 0.0807. The topological polar surface area (TPSA) is 97.4 Å². The number of carbonyl (C=O) groups excluding carboxylic acids is 3. The van der Waals surface area contributed by atoms with Gasteiger partial charge in [-0.15, -0.1) is 0 Å². The number of ether oxygens (including phenoxy) is 1. The molecule has 1 aromatic rings. The summed E-state index contributed by atoms with van der Waals surface area (Å²) in [6.07, 6.45) is 2.10. The molecule has 2 amide bonds. The molecule has 7 heteroatoms. The Labute approximate surface area is 115 Å². The maximum Gasteiger partial charge on any atom is 0.338 e. The summed E-state index contributed by atoms with van der Waals surface area (Å²) in [7, 11) is 1.22. The standard InChI is InChI=1S/C13H13N3O4/c1-4-11(17)15-9-6-8(13(19)20-3)7-10(14-9)16-12(18)5-2/h4-7H,1-2H2,3H3,(H2,14,15,16,17,18). The number of carbonyl (C=O) groups is 3. The zero-order valence-corrected chi connectivity index (χ0v) is 10.8. The number of pyridine rings is 1. The molecule has 0 aliphatic rings. The highest BCUT2D eigenvalue weighted by molar-refractivity contribution is 6.01. The van der Waals surface area contributed by atoms with Crippen LogP contribution in [0, 0.1) is 0 Å². The molecule has 0 atom stereocenters. The van der Waals surface area contributed by atoms with Crippen LogP contribution in [0.15, 0.2) is 37.4 Å². The first-order chi connectivity index (χ1) is 9.49. The Morgan fingerprint density at radius 3 is 1.90 bits per heavy atom. The van der Waals surface area contributed by atoms with Gasteiger partial charge in [-0.1, -0.05) is 13.2 Å². The number of rotatable bonds is 5. The van der Waals surface area contributed by atoms with Crippen molar-refractivity contribution in [1.29, 1.82) is 0 Å². The van der Waals surface area contributed by atoms with Crippen molar-refractivity contribution in [2.24, 2.45) is 0 Å². The fourth-order valence-corrected chi connectivity index (χ4v) is 1.25. The molecule has 7 nitrogen and oxygen atoms in total. The van der Waals surface area contributed by atoms with Crippen molar-refractivity contribution in [1.82, 2.24) is 4.98 Å². The number of methoxy groups -OCH3 is 1. The molecular formula is C13H13N3O4. The van der Waals surface area contributed by atoms with Gasteiger partial charge in [0.15, 0.2) is 0 Å². The van der Waals surface area contributed by atoms with Crippen LogP contribution in [0.1, 0.15) is 10.4 Å². The van der Waals surface area contributed by atoms with Crippen LogP contribution in [-0.4, -0.2) is 29.9 Å². The normalized spacial score (nSPS) is 9.25. The molecule has 0 radical (unpaired) electrons. The number of nitrogens with one attached hydrogen (secondary N) is 2. The summed E-state index contributed by atoms with van der Waals surface area (Å²) in [6, 6.07) is 2.63. The predicted molar refractivity (Wildman–Crippen MR) is 73.2 cm³/mol. The molecule has 20 heavy (non-hydrogen) atoms. The van der Waals surface area contributed by atoms with Crippen molar-refractivity contribution < 1.29 is 19.1 Å². The molecular weight excluding hydrogens is 262 g/mol. The third-order valence-corrected chi connectivity index (χ3v) is 2.12. The van der Waals surface area contributed by atoms with E-state index in [1.165, 1.54) is 19.2 Å². The summed E-state index contributed by atoms with van der Waals surface area (Å²) in [4.78, 5) is 37.9. The van der Waals surface area contributed by atoms with E-state index in [-0.39, 0.29) is 17.2 Å². The number of amides is 2. The highest BCUT2D eigenvalue weighted by Crippen LogP contribution is 2.15. The monoisotopic (exact) mass is 275 g/mol. The van der Waals surface area contributed by atoms with E-state index in [1.54, 1.807) is 0 Å². The average molecular weight is 275 g/mol. The predicted octanol–water partition coefficient (Wildman–Crippen LogP) is 1.12. The van der Waals surface area contributed by atoms with E-state index in [1.807, 2.05) is 0 Å². The zero-order chi connectivity index (χ0) is 15.1. The Kier molecular flexibility index (Phi) is 5.16. The van der Waals surface area contributed by atoms with E-state index >= 15 is 0 Å². The Balaban J connectivity index is 3.16. The van der Waals surface area contributed by atoms with Gasteiger partial charge in [0.05, 0.1) is 12.7 Å². The Morgan fingerprint density at radius 2 is 1.55 bits per heavy atom. The van der Waals surface area contributed by atoms with Crippen molar-refractivity contribution in [3.63, 3.8) is 0 Å². The zero-order valence-electron chi connectivity index (χ0n) is 10.8. The van der Waals surface area contributed by atoms with Gasteiger partial charge in [0, 0.05) is 0 Å². The molecule has 0 aliphatic heterocycles. The van der Waals surface area contributed by atoms with Crippen molar-refractivity contribution in [2.45, 2.75) is 0 Å². The van der Waals surface area contributed by atoms with Crippen LogP contribution < -0.4 is 10.6 Å². The summed E-state index contributed by atoms with van der Waals surface area (Å²) in [5.41, 5.74) is 0.126. The molecule has 0 aromatic carbocycles. The summed E-state index contributed by atoms with van der Waals surface area (Å²) >= 11 is 0. The third kappa shape index (κ3) is 4.05. The molecule has 104 valence electrons. The van der Waals surface area contributed by atoms with Crippen LogP contribution in [0.2, 0.25) is 0 Å². The minimum Gasteiger partial charge on any atom is -0.465 e. The number of hydrogen-bond acceptors (Lipinski definition) is 5. The van der Waals surface area contributed by atoms with Crippen LogP contribution in [0.25, 0.3) is 0 Å². The Bertz CT molecular complexity index is 541. The number of anilines is 2. The van der Waals surface area contributed by atoms with E-state index in [2.05, 4.69) is 33.5 Å². The molecule has 2 N–H and O–H groups in total. The van der Waals surface area contributed by atoms with E-state index < -0.39 is 17.8 Å². The molecule has 0 fully saturated rings. The first-order valence-electron chi connectivity index (χ1n) is 5.47. The van der Waals surface area contributed by atoms with Gasteiger partial charge in [0.2, 0.25) is 11.8 Å². The van der Waals surface area contributed by atoms with Crippen molar-refractivity contribution >= 4 is 29.4 Å². The van der Waals surface area contributed by atoms with E-state index in [4.69, 9.17) is 0 Å². The van der Waals surface area contributed by atoms with Crippen LogP contribution in [0.4, 0.5) is 11.6 Å². The van der Waals surface area contributed by atoms with Gasteiger partial charge < -0.3 is 15.4 Å². The average Bonchev–Trinajstić information content (AvgIpc) is 2.45. The number of aromatic nitrogens is 1. The fraction of sp³-hybridized carbons (Fsp3) is 0.0769. The molecule has 1 rings (SSSR count). The fourth-order valence-electron chi connectivity index (χ4n) is 1.25. The molecule has 0 bridgehead atoms. The van der Waals surface area contributed by atoms with E-state index in [9.17, 15) is 14.4 Å². The molecule has 1 heterocycles. The van der Waals surface area contributed by atoms with Gasteiger partial charge in [-0.05, 0) is 24.3 Å². The molecule has 0 saturated heterocycles. The summed E-state index contributed by atoms with van der Waals surface area (Å²) in [6.45, 7) is 6.60. The summed E-state index contributed by atoms with van der Waals surface area (Å²) in [5, 5.41) is 4.78. The van der Waals surface area contributed by atoms with Gasteiger partial charge in [-0.25, -0.2) is 9.78 Å². The highest BCUT2D eigenvalue weighted by Gasteiger charge is 2.12. The van der Waals surface area contributed by atoms with Gasteiger partial charge >= 0.3 is 5.97 Å². The number of nitrogens with zero attached hydrogens (tertiary/aromatic N) is 1. The first-order valence-corrected chi connectivity index (χ1v) is 5.47. The van der Waals surface area contributed by atoms with E-state index in [0.29, 0.717) is 0 Å². The Hall–Kier alpha value is -2.96. The van der Waals surface area contributed by atoms with Crippen LogP contribution >= 0.6 is 0 Å². The van der Waals surface area contributed by atoms with Gasteiger partial charge in [-0.2, -0.15) is 0 Å². The molecule has 0 spiro atoms. The van der Waals surface area contributed by atoms with E-state index in [0.717, 1.165) is 12.2 Å². The lowest BCUT2D eigenvalue weighted by Gasteiger charge is -2.08. The lowest BCUT2D eigenvalue weighted by molar-refractivity contribution is -0.112. The lowest BCUT2D eigenvalue weighted by atomic mass is 10.2. The van der Waals surface area contributed by atoms with Crippen molar-refractivity contribution in [2.75, 3.05) is 17.7 Å². The molecule has 0 saturated carbocycles. The molecule has 0 unspecified atom stereocenters. The molecule has 1 aromatic heterocycles.